The average molecular weight is 333 g/mol. The van der Waals surface area contributed by atoms with Gasteiger partial charge in [-0.15, -0.1) is 0 Å². The lowest BCUT2D eigenvalue weighted by Crippen LogP contribution is -2.39. The molecule has 6 nitrogen and oxygen atoms in total. The largest absolute Gasteiger partial charge is 0.478 e. The maximum absolute atomic E-state index is 12.4. The monoisotopic (exact) mass is 333 g/mol. The zero-order chi connectivity index (χ0) is 17.1. The highest BCUT2D eigenvalue weighted by Crippen LogP contribution is 2.29. The zero-order valence-corrected chi connectivity index (χ0v) is 14.4. The summed E-state index contributed by atoms with van der Waals surface area (Å²) < 4.78 is 1.82. The van der Waals surface area contributed by atoms with Crippen molar-refractivity contribution in [2.45, 2.75) is 64.3 Å². The van der Waals surface area contributed by atoms with Crippen LogP contribution in [0.3, 0.4) is 0 Å². The normalized spacial score (nSPS) is 19.8. The van der Waals surface area contributed by atoms with Crippen LogP contribution in [0.4, 0.5) is 0 Å². The van der Waals surface area contributed by atoms with Gasteiger partial charge in [-0.2, -0.15) is 5.10 Å². The fourth-order valence-corrected chi connectivity index (χ4v) is 4.15. The Labute approximate surface area is 142 Å². The minimum atomic E-state index is -0.932. The maximum atomic E-state index is 12.4. The smallest absolute Gasteiger partial charge is 0.339 e. The Balaban J connectivity index is 1.50. The number of aromatic carboxylic acids is 1. The zero-order valence-electron chi connectivity index (χ0n) is 14.4. The van der Waals surface area contributed by atoms with Gasteiger partial charge >= 0.3 is 5.97 Å². The number of rotatable bonds is 5. The van der Waals surface area contributed by atoms with Gasteiger partial charge < -0.3 is 10.0 Å². The number of carbonyl (C=O) groups is 2. The highest BCUT2D eigenvalue weighted by molar-refractivity contribution is 5.88. The van der Waals surface area contributed by atoms with E-state index in [2.05, 4.69) is 5.10 Å². The number of hydrogen-bond acceptors (Lipinski definition) is 3. The molecule has 1 aromatic heterocycles. The van der Waals surface area contributed by atoms with Crippen LogP contribution in [0.15, 0.2) is 6.20 Å². The van der Waals surface area contributed by atoms with Gasteiger partial charge in [0, 0.05) is 19.5 Å². The molecule has 1 aliphatic carbocycles. The van der Waals surface area contributed by atoms with Gasteiger partial charge in [0.05, 0.1) is 17.9 Å². The molecule has 0 atom stereocenters. The van der Waals surface area contributed by atoms with Crippen molar-refractivity contribution in [3.8, 4) is 0 Å². The summed E-state index contributed by atoms with van der Waals surface area (Å²) in [5.74, 6) is 0.106. The van der Waals surface area contributed by atoms with E-state index in [1.54, 1.807) is 6.92 Å². The summed E-state index contributed by atoms with van der Waals surface area (Å²) in [4.78, 5) is 25.5. The van der Waals surface area contributed by atoms with E-state index in [-0.39, 0.29) is 17.5 Å². The second-order valence-corrected chi connectivity index (χ2v) is 7.19. The van der Waals surface area contributed by atoms with E-state index < -0.39 is 5.97 Å². The Bertz CT molecular complexity index is 597. The van der Waals surface area contributed by atoms with Crippen LogP contribution in [0.2, 0.25) is 0 Å². The molecule has 24 heavy (non-hydrogen) atoms. The molecule has 2 aliphatic rings. The topological polar surface area (TPSA) is 75.4 Å². The van der Waals surface area contributed by atoms with Crippen LogP contribution < -0.4 is 0 Å². The fraction of sp³-hybridized carbons (Fsp3) is 0.722. The number of hydrogen-bond donors (Lipinski definition) is 1. The number of amides is 1. The predicted molar refractivity (Wildman–Crippen MR) is 90.0 cm³/mol. The van der Waals surface area contributed by atoms with Crippen LogP contribution in [-0.2, 0) is 4.79 Å². The van der Waals surface area contributed by atoms with Gasteiger partial charge in [-0.3, -0.25) is 9.48 Å². The third-order valence-electron chi connectivity index (χ3n) is 5.68. The van der Waals surface area contributed by atoms with Gasteiger partial charge in [0.1, 0.15) is 5.56 Å². The van der Waals surface area contributed by atoms with Crippen molar-refractivity contribution in [2.75, 3.05) is 13.1 Å². The Morgan fingerprint density at radius 2 is 1.88 bits per heavy atom. The van der Waals surface area contributed by atoms with E-state index in [9.17, 15) is 9.59 Å². The van der Waals surface area contributed by atoms with Crippen LogP contribution in [0.25, 0.3) is 0 Å². The summed E-state index contributed by atoms with van der Waals surface area (Å²) in [7, 11) is 0. The number of likely N-dealkylation sites (tertiary alicyclic amines) is 1. The molecule has 1 saturated carbocycles. The SMILES string of the molecule is Cc1c(C(=O)O)cnn1C1CCN(C(=O)CCC2CCCC2)CC1. The first kappa shape index (κ1) is 17.0. The van der Waals surface area contributed by atoms with Crippen LogP contribution >= 0.6 is 0 Å². The average Bonchev–Trinajstić information content (AvgIpc) is 3.22. The lowest BCUT2D eigenvalue weighted by molar-refractivity contribution is -0.132. The minimum Gasteiger partial charge on any atom is -0.478 e. The second kappa shape index (κ2) is 7.36. The Hall–Kier alpha value is -1.85. The molecule has 0 unspecified atom stereocenters. The van der Waals surface area contributed by atoms with Gasteiger partial charge in [0.15, 0.2) is 0 Å². The lowest BCUT2D eigenvalue weighted by atomic mass is 10.00. The Morgan fingerprint density at radius 3 is 2.46 bits per heavy atom. The number of carboxylic acid groups (broad SMARTS) is 1. The minimum absolute atomic E-state index is 0.192. The molecule has 1 amide bonds. The number of nitrogens with zero attached hydrogens (tertiary/aromatic N) is 3. The maximum Gasteiger partial charge on any atom is 0.339 e. The molecular formula is C18H27N3O3. The summed E-state index contributed by atoms with van der Waals surface area (Å²) in [6, 6.07) is 0.192. The molecule has 1 N–H and O–H groups in total. The summed E-state index contributed by atoms with van der Waals surface area (Å²) in [5.41, 5.74) is 0.971. The van der Waals surface area contributed by atoms with Gasteiger partial charge in [-0.1, -0.05) is 25.7 Å². The van der Waals surface area contributed by atoms with E-state index in [1.165, 1.54) is 31.9 Å². The molecule has 0 spiro atoms. The Morgan fingerprint density at radius 1 is 1.21 bits per heavy atom. The van der Waals surface area contributed by atoms with Gasteiger partial charge in [0.2, 0.25) is 5.91 Å². The molecule has 2 fully saturated rings. The van der Waals surface area contributed by atoms with E-state index >= 15 is 0 Å². The van der Waals surface area contributed by atoms with E-state index in [4.69, 9.17) is 5.11 Å². The van der Waals surface area contributed by atoms with Crippen LogP contribution in [-0.4, -0.2) is 44.8 Å². The van der Waals surface area contributed by atoms with Crippen LogP contribution in [0.5, 0.6) is 0 Å². The molecule has 1 aliphatic heterocycles. The van der Waals surface area contributed by atoms with Crippen molar-refractivity contribution in [2.24, 2.45) is 5.92 Å². The number of carboxylic acids is 1. The standard InChI is InChI=1S/C18H27N3O3/c1-13-16(18(23)24)12-19-21(13)15-8-10-20(11-9-15)17(22)7-6-14-4-2-3-5-14/h12,14-15H,2-11H2,1H3,(H,23,24). The van der Waals surface area contributed by atoms with Crippen molar-refractivity contribution in [3.63, 3.8) is 0 Å². The van der Waals surface area contributed by atoms with E-state index in [1.807, 2.05) is 9.58 Å². The molecule has 0 aromatic carbocycles. The first-order chi connectivity index (χ1) is 11.6. The number of carbonyl (C=O) groups excluding carboxylic acids is 1. The molecule has 0 radical (unpaired) electrons. The highest BCUT2D eigenvalue weighted by Gasteiger charge is 2.27. The van der Waals surface area contributed by atoms with Crippen LogP contribution in [0.1, 0.15) is 73.5 Å². The van der Waals surface area contributed by atoms with Crippen molar-refractivity contribution >= 4 is 11.9 Å². The van der Waals surface area contributed by atoms with Gasteiger partial charge in [-0.05, 0) is 32.1 Å². The van der Waals surface area contributed by atoms with E-state index in [0.29, 0.717) is 12.1 Å². The molecule has 2 heterocycles. The molecule has 1 saturated heterocycles. The number of piperidine rings is 1. The lowest BCUT2D eigenvalue weighted by Gasteiger charge is -2.33. The first-order valence-electron chi connectivity index (χ1n) is 9.11. The second-order valence-electron chi connectivity index (χ2n) is 7.19. The van der Waals surface area contributed by atoms with Gasteiger partial charge in [0.25, 0.3) is 0 Å². The third kappa shape index (κ3) is 3.62. The van der Waals surface area contributed by atoms with Gasteiger partial charge in [-0.25, -0.2) is 4.79 Å². The third-order valence-corrected chi connectivity index (χ3v) is 5.68. The highest BCUT2D eigenvalue weighted by atomic mass is 16.4. The van der Waals surface area contributed by atoms with Crippen molar-refractivity contribution in [3.05, 3.63) is 17.5 Å². The first-order valence-corrected chi connectivity index (χ1v) is 9.11. The molecule has 132 valence electrons. The van der Waals surface area contributed by atoms with Crippen molar-refractivity contribution in [1.82, 2.24) is 14.7 Å². The fourth-order valence-electron chi connectivity index (χ4n) is 4.15. The predicted octanol–water partition coefficient (Wildman–Crippen LogP) is 3.02. The molecule has 3 rings (SSSR count). The molecule has 1 aromatic rings. The summed E-state index contributed by atoms with van der Waals surface area (Å²) in [6.07, 6.45) is 10.1. The Kier molecular flexibility index (Phi) is 5.21. The van der Waals surface area contributed by atoms with Crippen LogP contribution in [0, 0.1) is 12.8 Å². The van der Waals surface area contributed by atoms with Crippen molar-refractivity contribution < 1.29 is 14.7 Å². The number of aromatic nitrogens is 2. The summed E-state index contributed by atoms with van der Waals surface area (Å²) in [6.45, 7) is 3.29. The summed E-state index contributed by atoms with van der Waals surface area (Å²) >= 11 is 0. The van der Waals surface area contributed by atoms with E-state index in [0.717, 1.165) is 38.3 Å². The van der Waals surface area contributed by atoms with Crippen molar-refractivity contribution in [1.29, 1.82) is 0 Å². The quantitative estimate of drug-likeness (QED) is 0.898. The summed E-state index contributed by atoms with van der Waals surface area (Å²) in [5, 5.41) is 13.4. The molecular weight excluding hydrogens is 306 g/mol. The molecule has 0 bridgehead atoms. The molecule has 6 heteroatoms.